The van der Waals surface area contributed by atoms with Crippen molar-refractivity contribution in [3.63, 3.8) is 0 Å². The van der Waals surface area contributed by atoms with E-state index < -0.39 is 37.3 Å². The topological polar surface area (TPSA) is 102 Å². The van der Waals surface area contributed by atoms with Crippen molar-refractivity contribution >= 4 is 0 Å². The van der Waals surface area contributed by atoms with Crippen LogP contribution in [0.15, 0.2) is 0 Å². The molecule has 1 fully saturated rings. The van der Waals surface area contributed by atoms with Gasteiger partial charge < -0.3 is 30.5 Å². The Morgan fingerprint density at radius 2 is 1.85 bits per heavy atom. The van der Waals surface area contributed by atoms with Gasteiger partial charge in [0.05, 0.1) is 12.6 Å². The molecular weight excluding hydrogens is 178 g/mol. The van der Waals surface area contributed by atoms with Crippen LogP contribution < -0.4 is 5.32 Å². The lowest BCUT2D eigenvalue weighted by Crippen LogP contribution is -2.62. The van der Waals surface area contributed by atoms with E-state index in [0.29, 0.717) is 0 Å². The van der Waals surface area contributed by atoms with E-state index in [2.05, 4.69) is 5.32 Å². The average molecular weight is 193 g/mol. The zero-order valence-electron chi connectivity index (χ0n) is 7.29. The minimum atomic E-state index is -1.22. The van der Waals surface area contributed by atoms with Crippen LogP contribution in [-0.4, -0.2) is 64.7 Å². The summed E-state index contributed by atoms with van der Waals surface area (Å²) in [4.78, 5) is 0. The van der Waals surface area contributed by atoms with Gasteiger partial charge in [-0.2, -0.15) is 0 Å². The lowest BCUT2D eigenvalue weighted by molar-refractivity contribution is -0.253. The van der Waals surface area contributed by atoms with Crippen LogP contribution in [0.1, 0.15) is 0 Å². The second-order valence-electron chi connectivity index (χ2n) is 3.04. The van der Waals surface area contributed by atoms with Gasteiger partial charge in [-0.05, 0) is 7.05 Å². The Morgan fingerprint density at radius 1 is 1.23 bits per heavy atom. The SMILES string of the molecule is CNC1[C@H](O)OC(CO)[C@H](O)[C@@H]1O. The third-order valence-corrected chi connectivity index (χ3v) is 2.23. The average Bonchev–Trinajstić information content (AvgIpc) is 2.12. The van der Waals surface area contributed by atoms with Crippen LogP contribution in [0.5, 0.6) is 0 Å². The highest BCUT2D eigenvalue weighted by Gasteiger charge is 2.42. The molecule has 78 valence electrons. The normalized spacial score (nSPS) is 46.4. The molecule has 0 bridgehead atoms. The number of hydrogen-bond donors (Lipinski definition) is 5. The Balaban J connectivity index is 2.66. The number of aliphatic hydroxyl groups is 4. The molecule has 1 aliphatic heterocycles. The van der Waals surface area contributed by atoms with Crippen molar-refractivity contribution in [1.82, 2.24) is 5.32 Å². The number of aliphatic hydroxyl groups excluding tert-OH is 4. The fourth-order valence-corrected chi connectivity index (χ4v) is 1.41. The van der Waals surface area contributed by atoms with Crippen molar-refractivity contribution in [3.8, 4) is 0 Å². The van der Waals surface area contributed by atoms with E-state index in [1.807, 2.05) is 0 Å². The molecule has 0 aromatic carbocycles. The molecule has 1 rings (SSSR count). The molecule has 5 N–H and O–H groups in total. The third kappa shape index (κ3) is 1.98. The van der Waals surface area contributed by atoms with Gasteiger partial charge in [0.25, 0.3) is 0 Å². The summed E-state index contributed by atoms with van der Waals surface area (Å²) >= 11 is 0. The van der Waals surface area contributed by atoms with Gasteiger partial charge in [0, 0.05) is 0 Å². The minimum absolute atomic E-state index is 0.439. The molecule has 6 nitrogen and oxygen atoms in total. The largest absolute Gasteiger partial charge is 0.394 e. The lowest BCUT2D eigenvalue weighted by Gasteiger charge is -2.39. The van der Waals surface area contributed by atoms with Crippen LogP contribution in [0.4, 0.5) is 0 Å². The summed E-state index contributed by atoms with van der Waals surface area (Å²) in [6.45, 7) is -0.439. The summed E-state index contributed by atoms with van der Waals surface area (Å²) in [5.74, 6) is 0. The molecule has 0 aromatic rings. The molecule has 1 aliphatic rings. The summed E-state index contributed by atoms with van der Waals surface area (Å²) in [7, 11) is 1.53. The maximum absolute atomic E-state index is 9.45. The number of hydrogen-bond acceptors (Lipinski definition) is 6. The van der Waals surface area contributed by atoms with Crippen LogP contribution in [-0.2, 0) is 4.74 Å². The summed E-state index contributed by atoms with van der Waals surface area (Å²) in [5.41, 5.74) is 0. The maximum Gasteiger partial charge on any atom is 0.173 e. The van der Waals surface area contributed by atoms with Crippen molar-refractivity contribution in [2.45, 2.75) is 30.6 Å². The van der Waals surface area contributed by atoms with Crippen molar-refractivity contribution in [1.29, 1.82) is 0 Å². The zero-order chi connectivity index (χ0) is 10.0. The third-order valence-electron chi connectivity index (χ3n) is 2.23. The van der Waals surface area contributed by atoms with Gasteiger partial charge in [0.2, 0.25) is 0 Å². The first-order valence-corrected chi connectivity index (χ1v) is 4.09. The van der Waals surface area contributed by atoms with E-state index in [0.717, 1.165) is 0 Å². The Morgan fingerprint density at radius 3 is 2.31 bits per heavy atom. The zero-order valence-corrected chi connectivity index (χ0v) is 7.29. The summed E-state index contributed by atoms with van der Waals surface area (Å²) in [6, 6.07) is -0.738. The molecule has 0 spiro atoms. The second kappa shape index (κ2) is 4.32. The number of ether oxygens (including phenoxy) is 1. The molecule has 0 aliphatic carbocycles. The fourth-order valence-electron chi connectivity index (χ4n) is 1.41. The summed E-state index contributed by atoms with van der Waals surface area (Å²) in [6.07, 6.45) is -4.49. The Hall–Kier alpha value is -0.240. The molecule has 6 heteroatoms. The van der Waals surface area contributed by atoms with Crippen LogP contribution in [0.25, 0.3) is 0 Å². The van der Waals surface area contributed by atoms with Gasteiger partial charge in [-0.25, -0.2) is 0 Å². The number of nitrogens with one attached hydrogen (secondary N) is 1. The Labute approximate surface area is 75.8 Å². The van der Waals surface area contributed by atoms with Gasteiger partial charge in [-0.1, -0.05) is 0 Å². The van der Waals surface area contributed by atoms with Gasteiger partial charge >= 0.3 is 0 Å². The molecule has 0 saturated carbocycles. The minimum Gasteiger partial charge on any atom is -0.394 e. The summed E-state index contributed by atoms with van der Waals surface area (Å²) < 4.78 is 4.85. The Bertz CT molecular complexity index is 167. The summed E-state index contributed by atoms with van der Waals surface area (Å²) in [5, 5.41) is 39.4. The fraction of sp³-hybridized carbons (Fsp3) is 1.00. The monoisotopic (exact) mass is 193 g/mol. The van der Waals surface area contributed by atoms with Crippen LogP contribution >= 0.6 is 0 Å². The highest BCUT2D eigenvalue weighted by Crippen LogP contribution is 2.18. The molecular formula is C7H15NO5. The van der Waals surface area contributed by atoms with E-state index >= 15 is 0 Å². The molecule has 2 unspecified atom stereocenters. The smallest absolute Gasteiger partial charge is 0.173 e. The predicted molar refractivity (Wildman–Crippen MR) is 42.8 cm³/mol. The molecule has 1 saturated heterocycles. The predicted octanol–water partition coefficient (Wildman–Crippen LogP) is -2.99. The maximum atomic E-state index is 9.45. The van der Waals surface area contributed by atoms with Crippen molar-refractivity contribution in [2.24, 2.45) is 0 Å². The Kier molecular flexibility index (Phi) is 3.60. The van der Waals surface area contributed by atoms with Gasteiger partial charge in [0.1, 0.15) is 18.3 Å². The van der Waals surface area contributed by atoms with Crippen molar-refractivity contribution in [3.05, 3.63) is 0 Å². The second-order valence-corrected chi connectivity index (χ2v) is 3.04. The van der Waals surface area contributed by atoms with Crippen LogP contribution in [0.2, 0.25) is 0 Å². The van der Waals surface area contributed by atoms with Gasteiger partial charge in [0.15, 0.2) is 6.29 Å². The van der Waals surface area contributed by atoms with E-state index in [1.165, 1.54) is 7.05 Å². The molecule has 5 atom stereocenters. The number of rotatable bonds is 2. The van der Waals surface area contributed by atoms with Crippen molar-refractivity contribution in [2.75, 3.05) is 13.7 Å². The lowest BCUT2D eigenvalue weighted by atomic mass is 9.97. The first-order chi connectivity index (χ1) is 6.11. The molecule has 13 heavy (non-hydrogen) atoms. The molecule has 0 amide bonds. The van der Waals surface area contributed by atoms with Crippen LogP contribution in [0.3, 0.4) is 0 Å². The molecule has 1 heterocycles. The molecule has 0 radical (unpaired) electrons. The van der Waals surface area contributed by atoms with E-state index in [4.69, 9.17) is 9.84 Å². The first kappa shape index (κ1) is 10.8. The van der Waals surface area contributed by atoms with E-state index in [-0.39, 0.29) is 0 Å². The van der Waals surface area contributed by atoms with Crippen LogP contribution in [0, 0.1) is 0 Å². The van der Waals surface area contributed by atoms with Gasteiger partial charge in [-0.15, -0.1) is 0 Å². The highest BCUT2D eigenvalue weighted by atomic mass is 16.6. The number of likely N-dealkylation sites (N-methyl/N-ethyl adjacent to an activating group) is 1. The van der Waals surface area contributed by atoms with Gasteiger partial charge in [-0.3, -0.25) is 0 Å². The van der Waals surface area contributed by atoms with E-state index in [9.17, 15) is 15.3 Å². The first-order valence-electron chi connectivity index (χ1n) is 4.09. The van der Waals surface area contributed by atoms with E-state index in [1.54, 1.807) is 0 Å². The van der Waals surface area contributed by atoms with Crippen molar-refractivity contribution < 1.29 is 25.2 Å². The highest BCUT2D eigenvalue weighted by molar-refractivity contribution is 4.91. The quantitative estimate of drug-likeness (QED) is 0.320. The standard InChI is InChI=1S/C7H15NO5/c1-8-4-6(11)5(10)3(2-9)13-7(4)12/h3-12H,2H2,1H3/t3?,4?,5-,6+,7+/m0/s1. The molecule has 0 aromatic heterocycles.